The standard InChI is InChI=1S/C26H31N5O8/c1-13-21(33)16(11-15-5-3-8-27-12-15)30-23(34)19(31-24(35)20-17(32)6-4-9-28-20)14(2)29-25(36)22(39-26(13)37)18-7-10-38-18/h3-6,8-9,12-14,16,18-19,21-22,32-33H,7,10-11H2,1-2H3,(H,29,36)(H,30,34)(H,31,35)/t13-,14-,16+,18?,19+,21+,22?/m1/s1. The third-order valence-electron chi connectivity index (χ3n) is 6.82. The molecule has 0 radical (unpaired) electrons. The molecule has 39 heavy (non-hydrogen) atoms. The maximum atomic E-state index is 13.6. The minimum absolute atomic E-state index is 0.107. The van der Waals surface area contributed by atoms with Gasteiger partial charge in [-0.1, -0.05) is 6.07 Å². The van der Waals surface area contributed by atoms with Crippen molar-refractivity contribution < 1.29 is 38.9 Å². The fourth-order valence-corrected chi connectivity index (χ4v) is 4.40. The predicted octanol–water partition coefficient (Wildman–Crippen LogP) is -0.776. The largest absolute Gasteiger partial charge is 0.505 e. The van der Waals surface area contributed by atoms with Gasteiger partial charge in [-0.2, -0.15) is 0 Å². The van der Waals surface area contributed by atoms with E-state index in [1.165, 1.54) is 32.2 Å². The van der Waals surface area contributed by atoms with Gasteiger partial charge < -0.3 is 35.6 Å². The van der Waals surface area contributed by atoms with Crippen molar-refractivity contribution in [3.63, 3.8) is 0 Å². The summed E-state index contributed by atoms with van der Waals surface area (Å²) in [5, 5.41) is 29.1. The number of carbonyl (C=O) groups excluding carboxylic acids is 4. The molecule has 208 valence electrons. The minimum atomic E-state index is -1.42. The van der Waals surface area contributed by atoms with E-state index >= 15 is 0 Å². The Morgan fingerprint density at radius 2 is 1.87 bits per heavy atom. The Morgan fingerprint density at radius 3 is 2.51 bits per heavy atom. The first-order valence-corrected chi connectivity index (χ1v) is 12.6. The van der Waals surface area contributed by atoms with E-state index in [2.05, 4.69) is 25.9 Å². The molecular formula is C26H31N5O8. The van der Waals surface area contributed by atoms with Crippen molar-refractivity contribution in [1.29, 1.82) is 0 Å². The number of pyridine rings is 2. The van der Waals surface area contributed by atoms with E-state index in [0.29, 0.717) is 18.6 Å². The molecule has 0 spiro atoms. The smallest absolute Gasteiger partial charge is 0.312 e. The van der Waals surface area contributed by atoms with Crippen LogP contribution >= 0.6 is 0 Å². The maximum absolute atomic E-state index is 13.6. The van der Waals surface area contributed by atoms with Crippen molar-refractivity contribution in [3.05, 3.63) is 54.1 Å². The van der Waals surface area contributed by atoms with Crippen LogP contribution in [-0.4, -0.2) is 86.9 Å². The van der Waals surface area contributed by atoms with Gasteiger partial charge in [-0.25, -0.2) is 4.98 Å². The molecule has 13 nitrogen and oxygen atoms in total. The molecule has 2 saturated heterocycles. The van der Waals surface area contributed by atoms with Crippen LogP contribution in [0.4, 0.5) is 0 Å². The molecule has 7 atom stereocenters. The summed E-state index contributed by atoms with van der Waals surface area (Å²) in [6.07, 6.45) is 1.60. The lowest BCUT2D eigenvalue weighted by Crippen LogP contribution is -2.63. The molecule has 5 N–H and O–H groups in total. The van der Waals surface area contributed by atoms with Crippen LogP contribution in [0, 0.1) is 5.92 Å². The minimum Gasteiger partial charge on any atom is -0.505 e. The summed E-state index contributed by atoms with van der Waals surface area (Å²) >= 11 is 0. The summed E-state index contributed by atoms with van der Waals surface area (Å²) in [5.74, 6) is -4.66. The SMILES string of the molecule is C[C@H]1NC(=O)C(C2CCO2)OC(=O)[C@H](C)[C@H](O)[C@H](Cc2cccnc2)NC(=O)[C@H]1NC(=O)c1ncccc1O. The zero-order chi connectivity index (χ0) is 28.1. The predicted molar refractivity (Wildman–Crippen MR) is 134 cm³/mol. The van der Waals surface area contributed by atoms with E-state index < -0.39 is 71.8 Å². The molecular weight excluding hydrogens is 510 g/mol. The molecule has 2 aliphatic rings. The molecule has 3 amide bonds. The maximum Gasteiger partial charge on any atom is 0.312 e. The Kier molecular flexibility index (Phi) is 8.72. The number of esters is 1. The van der Waals surface area contributed by atoms with Crippen LogP contribution in [0.25, 0.3) is 0 Å². The third-order valence-corrected chi connectivity index (χ3v) is 6.82. The highest BCUT2D eigenvalue weighted by molar-refractivity contribution is 5.98. The number of aliphatic hydroxyl groups is 1. The number of nitrogens with one attached hydrogen (secondary N) is 3. The van der Waals surface area contributed by atoms with Gasteiger partial charge in [-0.05, 0) is 44.0 Å². The van der Waals surface area contributed by atoms with E-state index in [1.54, 1.807) is 24.5 Å². The highest BCUT2D eigenvalue weighted by Gasteiger charge is 2.43. The molecule has 0 aromatic carbocycles. The quantitative estimate of drug-likeness (QED) is 0.300. The highest BCUT2D eigenvalue weighted by Crippen LogP contribution is 2.22. The van der Waals surface area contributed by atoms with Crippen molar-refractivity contribution in [1.82, 2.24) is 25.9 Å². The Labute approximate surface area is 224 Å². The zero-order valence-corrected chi connectivity index (χ0v) is 21.4. The summed E-state index contributed by atoms with van der Waals surface area (Å²) in [5.41, 5.74) is 0.362. The molecule has 2 aliphatic heterocycles. The van der Waals surface area contributed by atoms with Gasteiger partial charge in [0.15, 0.2) is 5.69 Å². The molecule has 0 bridgehead atoms. The van der Waals surface area contributed by atoms with Gasteiger partial charge >= 0.3 is 5.97 Å². The summed E-state index contributed by atoms with van der Waals surface area (Å²) in [6.45, 7) is 3.31. The fraction of sp³-hybridized carbons (Fsp3) is 0.462. The average Bonchev–Trinajstić information content (AvgIpc) is 2.89. The molecule has 2 aromatic rings. The Hall–Kier alpha value is -4.10. The van der Waals surface area contributed by atoms with Gasteiger partial charge in [-0.3, -0.25) is 24.2 Å². The fourth-order valence-electron chi connectivity index (χ4n) is 4.40. The first kappa shape index (κ1) is 27.9. The van der Waals surface area contributed by atoms with E-state index in [4.69, 9.17) is 9.47 Å². The van der Waals surface area contributed by atoms with E-state index in [-0.39, 0.29) is 12.1 Å². The van der Waals surface area contributed by atoms with Crippen LogP contribution < -0.4 is 16.0 Å². The van der Waals surface area contributed by atoms with Gasteiger partial charge in [0.05, 0.1) is 24.1 Å². The second kappa shape index (κ2) is 12.2. The van der Waals surface area contributed by atoms with Crippen LogP contribution in [0.3, 0.4) is 0 Å². The van der Waals surface area contributed by atoms with Crippen LogP contribution in [0.1, 0.15) is 36.3 Å². The second-order valence-electron chi connectivity index (χ2n) is 9.63. The van der Waals surface area contributed by atoms with Gasteiger partial charge in [0.25, 0.3) is 11.8 Å². The number of hydrogen-bond donors (Lipinski definition) is 5. The van der Waals surface area contributed by atoms with Crippen molar-refractivity contribution in [2.24, 2.45) is 5.92 Å². The first-order valence-electron chi connectivity index (χ1n) is 12.6. The van der Waals surface area contributed by atoms with E-state index in [0.717, 1.165) is 0 Å². The van der Waals surface area contributed by atoms with Crippen molar-refractivity contribution in [2.75, 3.05) is 6.61 Å². The number of hydrogen-bond acceptors (Lipinski definition) is 10. The molecule has 0 saturated carbocycles. The zero-order valence-electron chi connectivity index (χ0n) is 21.4. The molecule has 2 fully saturated rings. The lowest BCUT2D eigenvalue weighted by Gasteiger charge is -2.37. The average molecular weight is 542 g/mol. The Balaban J connectivity index is 1.67. The van der Waals surface area contributed by atoms with Crippen molar-refractivity contribution in [2.45, 2.75) is 63.1 Å². The van der Waals surface area contributed by atoms with Gasteiger partial charge in [0.2, 0.25) is 12.0 Å². The lowest BCUT2D eigenvalue weighted by molar-refractivity contribution is -0.184. The summed E-state index contributed by atoms with van der Waals surface area (Å²) in [7, 11) is 0. The summed E-state index contributed by atoms with van der Waals surface area (Å²) in [6, 6.07) is 2.79. The van der Waals surface area contributed by atoms with Crippen LogP contribution in [0.5, 0.6) is 5.75 Å². The molecule has 0 aliphatic carbocycles. The number of rotatable bonds is 5. The number of amides is 3. The monoisotopic (exact) mass is 541 g/mol. The third kappa shape index (κ3) is 6.49. The molecule has 2 aromatic heterocycles. The summed E-state index contributed by atoms with van der Waals surface area (Å²) < 4.78 is 10.9. The molecule has 13 heteroatoms. The Morgan fingerprint density at radius 1 is 1.13 bits per heavy atom. The topological polar surface area (TPSA) is 189 Å². The van der Waals surface area contributed by atoms with E-state index in [1.807, 2.05) is 0 Å². The van der Waals surface area contributed by atoms with Gasteiger partial charge in [0.1, 0.15) is 17.9 Å². The van der Waals surface area contributed by atoms with Crippen molar-refractivity contribution in [3.8, 4) is 5.75 Å². The lowest BCUT2D eigenvalue weighted by atomic mass is 9.92. The highest BCUT2D eigenvalue weighted by atomic mass is 16.6. The van der Waals surface area contributed by atoms with Crippen LogP contribution in [0.15, 0.2) is 42.9 Å². The first-order chi connectivity index (χ1) is 18.7. The molecule has 2 unspecified atom stereocenters. The number of aromatic hydroxyl groups is 1. The van der Waals surface area contributed by atoms with Crippen LogP contribution in [-0.2, 0) is 30.3 Å². The molecule has 4 rings (SSSR count). The molecule has 4 heterocycles. The number of nitrogens with zero attached hydrogens (tertiary/aromatic N) is 2. The number of carbonyl (C=O) groups is 4. The Bertz CT molecular complexity index is 1210. The van der Waals surface area contributed by atoms with Gasteiger partial charge in [0, 0.05) is 31.6 Å². The van der Waals surface area contributed by atoms with Gasteiger partial charge in [-0.15, -0.1) is 0 Å². The number of ether oxygens (including phenoxy) is 2. The van der Waals surface area contributed by atoms with Crippen molar-refractivity contribution >= 4 is 23.7 Å². The summed E-state index contributed by atoms with van der Waals surface area (Å²) in [4.78, 5) is 60.6. The van der Waals surface area contributed by atoms with E-state index in [9.17, 15) is 29.4 Å². The number of cyclic esters (lactones) is 1. The van der Waals surface area contributed by atoms with Crippen LogP contribution in [0.2, 0.25) is 0 Å². The normalized spacial score (nSPS) is 29.9. The second-order valence-corrected chi connectivity index (χ2v) is 9.63. The number of aliphatic hydroxyl groups excluding tert-OH is 1. The number of aromatic nitrogens is 2.